The maximum absolute atomic E-state index is 12.3. The van der Waals surface area contributed by atoms with E-state index in [1.165, 1.54) is 37.6 Å². The Morgan fingerprint density at radius 1 is 1.36 bits per heavy atom. The number of nitro benzene ring substituents is 1. The van der Waals surface area contributed by atoms with Crippen molar-refractivity contribution in [2.24, 2.45) is 0 Å². The minimum atomic E-state index is -4.11. The summed E-state index contributed by atoms with van der Waals surface area (Å²) in [5.74, 6) is 0.231. The number of nitrogens with one attached hydrogen (secondary N) is 1. The van der Waals surface area contributed by atoms with Gasteiger partial charge in [0.15, 0.2) is 0 Å². The number of hydrogen-bond donors (Lipinski definition) is 1. The van der Waals surface area contributed by atoms with Crippen molar-refractivity contribution in [1.29, 1.82) is 0 Å². The SMILES string of the molecule is COc1ccc(NS(=O)(=O)c2cccnc2Cl)c([N+](=O)[O-])c1. The highest BCUT2D eigenvalue weighted by atomic mass is 35.5. The molecule has 22 heavy (non-hydrogen) atoms. The van der Waals surface area contributed by atoms with Crippen LogP contribution in [0, 0.1) is 10.1 Å². The van der Waals surface area contributed by atoms with Gasteiger partial charge in [-0.1, -0.05) is 11.6 Å². The molecule has 0 atom stereocenters. The second-order valence-electron chi connectivity index (χ2n) is 4.04. The summed E-state index contributed by atoms with van der Waals surface area (Å²) in [5.41, 5.74) is -0.645. The lowest BCUT2D eigenvalue weighted by atomic mass is 10.2. The molecular formula is C12H10ClN3O5S. The van der Waals surface area contributed by atoms with Crippen molar-refractivity contribution in [2.45, 2.75) is 4.90 Å². The third-order valence-corrected chi connectivity index (χ3v) is 4.47. The van der Waals surface area contributed by atoms with Crippen LogP contribution in [0.2, 0.25) is 5.15 Å². The molecule has 8 nitrogen and oxygen atoms in total. The Bertz CT molecular complexity index is 825. The van der Waals surface area contributed by atoms with Gasteiger partial charge in [0.1, 0.15) is 21.5 Å². The Labute approximate surface area is 130 Å². The van der Waals surface area contributed by atoms with Crippen LogP contribution in [0.5, 0.6) is 5.75 Å². The predicted molar refractivity (Wildman–Crippen MR) is 79.7 cm³/mol. The van der Waals surface area contributed by atoms with Crippen molar-refractivity contribution >= 4 is 33.0 Å². The highest BCUT2D eigenvalue weighted by Gasteiger charge is 2.23. The fourth-order valence-electron chi connectivity index (χ4n) is 1.65. The van der Waals surface area contributed by atoms with Crippen LogP contribution in [0.4, 0.5) is 11.4 Å². The van der Waals surface area contributed by atoms with E-state index in [1.807, 2.05) is 0 Å². The van der Waals surface area contributed by atoms with E-state index in [0.29, 0.717) is 0 Å². The van der Waals surface area contributed by atoms with Gasteiger partial charge in [0.2, 0.25) is 0 Å². The van der Waals surface area contributed by atoms with Crippen molar-refractivity contribution < 1.29 is 18.1 Å². The van der Waals surface area contributed by atoms with Gasteiger partial charge in [-0.2, -0.15) is 0 Å². The van der Waals surface area contributed by atoms with Crippen molar-refractivity contribution in [3.05, 3.63) is 51.8 Å². The van der Waals surface area contributed by atoms with Crippen molar-refractivity contribution in [3.63, 3.8) is 0 Å². The Balaban J connectivity index is 2.46. The molecule has 116 valence electrons. The number of sulfonamides is 1. The molecule has 0 aliphatic heterocycles. The van der Waals surface area contributed by atoms with Gasteiger partial charge < -0.3 is 4.74 Å². The summed E-state index contributed by atoms with van der Waals surface area (Å²) in [6, 6.07) is 6.38. The average molecular weight is 344 g/mol. The Morgan fingerprint density at radius 2 is 2.09 bits per heavy atom. The molecule has 0 saturated carbocycles. The van der Waals surface area contributed by atoms with Gasteiger partial charge in [0.05, 0.1) is 18.1 Å². The summed E-state index contributed by atoms with van der Waals surface area (Å²) in [6.45, 7) is 0. The van der Waals surface area contributed by atoms with E-state index >= 15 is 0 Å². The number of anilines is 1. The number of methoxy groups -OCH3 is 1. The van der Waals surface area contributed by atoms with Crippen LogP contribution in [0.25, 0.3) is 0 Å². The summed E-state index contributed by atoms with van der Waals surface area (Å²) in [6.07, 6.45) is 1.33. The van der Waals surface area contributed by atoms with Crippen LogP contribution >= 0.6 is 11.6 Å². The molecule has 1 N–H and O–H groups in total. The lowest BCUT2D eigenvalue weighted by molar-refractivity contribution is -0.384. The van der Waals surface area contributed by atoms with Crippen LogP contribution in [0.3, 0.4) is 0 Å². The van der Waals surface area contributed by atoms with E-state index in [-0.39, 0.29) is 21.5 Å². The minimum absolute atomic E-state index is 0.203. The zero-order valence-electron chi connectivity index (χ0n) is 11.2. The largest absolute Gasteiger partial charge is 0.496 e. The number of hydrogen-bond acceptors (Lipinski definition) is 6. The summed E-state index contributed by atoms with van der Waals surface area (Å²) in [7, 11) is -2.76. The first-order chi connectivity index (χ1) is 10.3. The maximum atomic E-state index is 12.3. The van der Waals surface area contributed by atoms with Crippen molar-refractivity contribution in [1.82, 2.24) is 4.98 Å². The van der Waals surface area contributed by atoms with E-state index in [0.717, 1.165) is 6.07 Å². The fourth-order valence-corrected chi connectivity index (χ4v) is 3.18. The van der Waals surface area contributed by atoms with Crippen LogP contribution < -0.4 is 9.46 Å². The van der Waals surface area contributed by atoms with Gasteiger partial charge in [-0.25, -0.2) is 13.4 Å². The molecule has 0 unspecified atom stereocenters. The van der Waals surface area contributed by atoms with Gasteiger partial charge in [-0.15, -0.1) is 0 Å². The zero-order chi connectivity index (χ0) is 16.3. The summed E-state index contributed by atoms with van der Waals surface area (Å²) in [5, 5.41) is 10.8. The molecule has 0 spiro atoms. The standard InChI is InChI=1S/C12H10ClN3O5S/c1-21-8-4-5-9(10(7-8)16(17)18)15-22(19,20)11-3-2-6-14-12(11)13/h2-7,15H,1H3. The molecule has 1 heterocycles. The Morgan fingerprint density at radius 3 is 2.68 bits per heavy atom. The molecule has 0 aliphatic rings. The normalized spacial score (nSPS) is 11.0. The number of pyridine rings is 1. The number of rotatable bonds is 5. The quantitative estimate of drug-likeness (QED) is 0.507. The minimum Gasteiger partial charge on any atom is -0.496 e. The molecule has 10 heteroatoms. The number of benzene rings is 1. The average Bonchev–Trinajstić information content (AvgIpc) is 2.47. The molecule has 1 aromatic carbocycles. The number of nitrogens with zero attached hydrogens (tertiary/aromatic N) is 2. The van der Waals surface area contributed by atoms with Gasteiger partial charge in [0, 0.05) is 6.20 Å². The second-order valence-corrected chi connectivity index (χ2v) is 6.05. The summed E-state index contributed by atoms with van der Waals surface area (Å²) in [4.78, 5) is 13.7. The molecule has 0 radical (unpaired) electrons. The van der Waals surface area contributed by atoms with Crippen molar-refractivity contribution in [2.75, 3.05) is 11.8 Å². The number of nitro groups is 1. The first-order valence-electron chi connectivity index (χ1n) is 5.81. The maximum Gasteiger partial charge on any atom is 0.297 e. The van der Waals surface area contributed by atoms with Crippen LogP contribution in [0.1, 0.15) is 0 Å². The van der Waals surface area contributed by atoms with Crippen LogP contribution in [-0.2, 0) is 10.0 Å². The molecule has 2 aromatic rings. The number of aromatic nitrogens is 1. The Hall–Kier alpha value is -2.39. The van der Waals surface area contributed by atoms with Crippen molar-refractivity contribution in [3.8, 4) is 5.75 Å². The van der Waals surface area contributed by atoms with E-state index in [4.69, 9.17) is 16.3 Å². The highest BCUT2D eigenvalue weighted by Crippen LogP contribution is 2.31. The smallest absolute Gasteiger partial charge is 0.297 e. The molecule has 0 amide bonds. The van der Waals surface area contributed by atoms with E-state index in [2.05, 4.69) is 9.71 Å². The van der Waals surface area contributed by atoms with Gasteiger partial charge in [0.25, 0.3) is 15.7 Å². The van der Waals surface area contributed by atoms with E-state index in [1.54, 1.807) is 0 Å². The van der Waals surface area contributed by atoms with Crippen LogP contribution in [0.15, 0.2) is 41.4 Å². The molecule has 0 saturated heterocycles. The summed E-state index contributed by atoms with van der Waals surface area (Å²) < 4.78 is 31.5. The fraction of sp³-hybridized carbons (Fsp3) is 0.0833. The second kappa shape index (κ2) is 6.16. The predicted octanol–water partition coefficient (Wildman–Crippen LogP) is 2.45. The highest BCUT2D eigenvalue weighted by molar-refractivity contribution is 7.92. The lowest BCUT2D eigenvalue weighted by Crippen LogP contribution is -2.15. The number of halogens is 1. The molecule has 0 fully saturated rings. The van der Waals surface area contributed by atoms with Gasteiger partial charge >= 0.3 is 0 Å². The topological polar surface area (TPSA) is 111 Å². The Kier molecular flexibility index (Phi) is 4.48. The third-order valence-electron chi connectivity index (χ3n) is 2.66. The van der Waals surface area contributed by atoms with Crippen LogP contribution in [-0.4, -0.2) is 25.4 Å². The summed E-state index contributed by atoms with van der Waals surface area (Å²) >= 11 is 5.74. The monoisotopic (exact) mass is 343 g/mol. The molecular weight excluding hydrogens is 334 g/mol. The third kappa shape index (κ3) is 3.26. The molecule has 0 bridgehead atoms. The van der Waals surface area contributed by atoms with E-state index in [9.17, 15) is 18.5 Å². The number of ether oxygens (including phenoxy) is 1. The van der Waals surface area contributed by atoms with E-state index < -0.39 is 20.6 Å². The molecule has 1 aromatic heterocycles. The first kappa shape index (κ1) is 16.0. The molecule has 0 aliphatic carbocycles. The zero-order valence-corrected chi connectivity index (χ0v) is 12.8. The lowest BCUT2D eigenvalue weighted by Gasteiger charge is -2.10. The molecule has 2 rings (SSSR count). The van der Waals surface area contributed by atoms with Gasteiger partial charge in [-0.3, -0.25) is 14.8 Å². The first-order valence-corrected chi connectivity index (χ1v) is 7.67. The van der Waals surface area contributed by atoms with Gasteiger partial charge in [-0.05, 0) is 24.3 Å².